The van der Waals surface area contributed by atoms with E-state index in [4.69, 9.17) is 4.98 Å². The van der Waals surface area contributed by atoms with Gasteiger partial charge in [0, 0.05) is 38.3 Å². The van der Waals surface area contributed by atoms with Gasteiger partial charge in [0.1, 0.15) is 10.5 Å². The number of nitrogens with zero attached hydrogens (tertiary/aromatic N) is 7. The van der Waals surface area contributed by atoms with Gasteiger partial charge in [0.05, 0.1) is 29.3 Å². The quantitative estimate of drug-likeness (QED) is 0.509. The summed E-state index contributed by atoms with van der Waals surface area (Å²) in [5.41, 5.74) is 3.16. The minimum absolute atomic E-state index is 0.137. The van der Waals surface area contributed by atoms with Gasteiger partial charge < -0.3 is 4.57 Å². The minimum Gasteiger partial charge on any atom is -0.323 e. The molecule has 1 N–H and O–H groups in total. The van der Waals surface area contributed by atoms with Crippen LogP contribution in [0.1, 0.15) is 16.3 Å². The highest BCUT2D eigenvalue weighted by Crippen LogP contribution is 2.31. The number of thiazole rings is 1. The smallest absolute Gasteiger partial charge is 0.291 e. The van der Waals surface area contributed by atoms with E-state index in [-0.39, 0.29) is 5.56 Å². The monoisotopic (exact) mass is 380 g/mol. The van der Waals surface area contributed by atoms with Gasteiger partial charge in [-0.15, -0.1) is 11.3 Å². The molecule has 0 amide bonds. The molecule has 5 aromatic heterocycles. The average molecular weight is 380 g/mol. The highest BCUT2D eigenvalue weighted by atomic mass is 32.1. The number of aryl methyl sites for hydroxylation is 2. The van der Waals surface area contributed by atoms with Gasteiger partial charge in [0.25, 0.3) is 5.56 Å². The molecule has 0 aliphatic rings. The maximum Gasteiger partial charge on any atom is 0.291 e. The maximum absolute atomic E-state index is 13.0. The van der Waals surface area contributed by atoms with Crippen molar-refractivity contribution < 1.29 is 0 Å². The van der Waals surface area contributed by atoms with E-state index in [2.05, 4.69) is 20.4 Å². The standard InChI is InChI=1S/C17H16N8OS/c1-23-4-3-11(22-23)9-25-17(26)14-12(8-20-25)15-16(24(14)2)21-13(27-15)5-10-6-18-19-7-10/h3-4,6-8H,5,9H2,1-2H3,(H,18,19). The lowest BCUT2D eigenvalue weighted by atomic mass is 10.3. The van der Waals surface area contributed by atoms with Crippen molar-refractivity contribution >= 4 is 32.6 Å². The van der Waals surface area contributed by atoms with Crippen molar-refractivity contribution in [2.45, 2.75) is 13.0 Å². The fourth-order valence-corrected chi connectivity index (χ4v) is 4.41. The molecule has 0 aliphatic carbocycles. The molecule has 5 aromatic rings. The largest absolute Gasteiger partial charge is 0.323 e. The van der Waals surface area contributed by atoms with E-state index in [1.54, 1.807) is 28.4 Å². The zero-order chi connectivity index (χ0) is 18.5. The van der Waals surface area contributed by atoms with Crippen LogP contribution in [0.2, 0.25) is 0 Å². The summed E-state index contributed by atoms with van der Waals surface area (Å²) in [5, 5.41) is 17.3. The van der Waals surface area contributed by atoms with Crippen LogP contribution in [-0.2, 0) is 27.1 Å². The van der Waals surface area contributed by atoms with Gasteiger partial charge in [0.2, 0.25) is 0 Å². The van der Waals surface area contributed by atoms with Crippen LogP contribution in [0.5, 0.6) is 0 Å². The highest BCUT2D eigenvalue weighted by Gasteiger charge is 2.18. The summed E-state index contributed by atoms with van der Waals surface area (Å²) < 4.78 is 6.00. The van der Waals surface area contributed by atoms with Crippen LogP contribution < -0.4 is 5.56 Å². The first-order valence-corrected chi connectivity index (χ1v) is 9.22. The Bertz CT molecular complexity index is 1320. The van der Waals surface area contributed by atoms with Crippen molar-refractivity contribution in [3.8, 4) is 0 Å². The molecule has 5 heterocycles. The van der Waals surface area contributed by atoms with Gasteiger partial charge in [0.15, 0.2) is 5.65 Å². The number of fused-ring (bicyclic) bond motifs is 3. The number of aromatic nitrogens is 8. The highest BCUT2D eigenvalue weighted by molar-refractivity contribution is 7.19. The molecule has 0 radical (unpaired) electrons. The number of hydrogen-bond acceptors (Lipinski definition) is 6. The third-order valence-electron chi connectivity index (χ3n) is 4.56. The molecule has 0 atom stereocenters. The Morgan fingerprint density at radius 1 is 1.26 bits per heavy atom. The molecule has 0 bridgehead atoms. The molecule has 0 unspecified atom stereocenters. The average Bonchev–Trinajstić information content (AvgIpc) is 3.40. The lowest BCUT2D eigenvalue weighted by Gasteiger charge is -2.03. The normalized spacial score (nSPS) is 11.8. The molecule has 5 rings (SSSR count). The molecule has 0 saturated carbocycles. The zero-order valence-electron chi connectivity index (χ0n) is 14.7. The van der Waals surface area contributed by atoms with Crippen LogP contribution in [0.25, 0.3) is 21.3 Å². The third-order valence-corrected chi connectivity index (χ3v) is 5.64. The number of aromatic amines is 1. The second-order valence-electron chi connectivity index (χ2n) is 6.45. The predicted molar refractivity (Wildman–Crippen MR) is 102 cm³/mol. The predicted octanol–water partition coefficient (Wildman–Crippen LogP) is 1.44. The Labute approximate surface area is 156 Å². The summed E-state index contributed by atoms with van der Waals surface area (Å²) >= 11 is 1.59. The van der Waals surface area contributed by atoms with Crippen molar-refractivity contribution in [2.75, 3.05) is 0 Å². The molecule has 27 heavy (non-hydrogen) atoms. The maximum atomic E-state index is 13.0. The summed E-state index contributed by atoms with van der Waals surface area (Å²) in [7, 11) is 3.72. The lowest BCUT2D eigenvalue weighted by molar-refractivity contribution is 0.619. The Morgan fingerprint density at radius 3 is 2.89 bits per heavy atom. The first-order chi connectivity index (χ1) is 13.1. The van der Waals surface area contributed by atoms with E-state index >= 15 is 0 Å². The molecule has 10 heteroatoms. The Kier molecular flexibility index (Phi) is 3.47. The molecule has 0 aliphatic heterocycles. The SMILES string of the molecule is Cn1ccc(Cn2ncc3c4sc(Cc5cn[nH]c5)nc4n(C)c3c2=O)n1. The Balaban J connectivity index is 1.60. The molecule has 136 valence electrons. The number of rotatable bonds is 4. The minimum atomic E-state index is -0.137. The second kappa shape index (κ2) is 5.88. The van der Waals surface area contributed by atoms with E-state index < -0.39 is 0 Å². The summed E-state index contributed by atoms with van der Waals surface area (Å²) in [5.74, 6) is 0. The van der Waals surface area contributed by atoms with Crippen molar-refractivity contribution in [3.63, 3.8) is 0 Å². The van der Waals surface area contributed by atoms with Crippen LogP contribution >= 0.6 is 11.3 Å². The van der Waals surface area contributed by atoms with Crippen LogP contribution in [0.4, 0.5) is 0 Å². The van der Waals surface area contributed by atoms with E-state index in [1.165, 1.54) is 4.68 Å². The van der Waals surface area contributed by atoms with Crippen LogP contribution in [0, 0.1) is 0 Å². The second-order valence-corrected chi connectivity index (χ2v) is 7.54. The topological polar surface area (TPSA) is 99.2 Å². The first-order valence-electron chi connectivity index (χ1n) is 8.40. The molecule has 0 spiro atoms. The first kappa shape index (κ1) is 15.9. The van der Waals surface area contributed by atoms with Crippen LogP contribution in [-0.4, -0.2) is 39.3 Å². The van der Waals surface area contributed by atoms with E-state index in [0.717, 1.165) is 32.0 Å². The van der Waals surface area contributed by atoms with E-state index in [0.29, 0.717) is 18.5 Å². The zero-order valence-corrected chi connectivity index (χ0v) is 15.6. The fraction of sp³-hybridized carbons (Fsp3) is 0.235. The Morgan fingerprint density at radius 2 is 2.15 bits per heavy atom. The molecule has 0 saturated heterocycles. The van der Waals surface area contributed by atoms with Crippen LogP contribution in [0.15, 0.2) is 35.6 Å². The number of H-pyrrole nitrogens is 1. The van der Waals surface area contributed by atoms with Gasteiger partial charge >= 0.3 is 0 Å². The van der Waals surface area contributed by atoms with Gasteiger partial charge in [-0.1, -0.05) is 0 Å². The Hall–Kier alpha value is -3.27. The van der Waals surface area contributed by atoms with Gasteiger partial charge in [-0.2, -0.15) is 15.3 Å². The van der Waals surface area contributed by atoms with Crippen molar-refractivity contribution in [2.24, 2.45) is 14.1 Å². The lowest BCUT2D eigenvalue weighted by Crippen LogP contribution is -2.24. The van der Waals surface area contributed by atoms with Crippen LogP contribution in [0.3, 0.4) is 0 Å². The molecule has 9 nitrogen and oxygen atoms in total. The third kappa shape index (κ3) is 2.56. The van der Waals surface area contributed by atoms with Crippen molar-refractivity contribution in [3.05, 3.63) is 57.5 Å². The molecular formula is C17H16N8OS. The summed E-state index contributed by atoms with van der Waals surface area (Å²) in [6.45, 7) is 0.341. The van der Waals surface area contributed by atoms with Crippen molar-refractivity contribution in [1.82, 2.24) is 39.3 Å². The van der Waals surface area contributed by atoms with Gasteiger partial charge in [-0.05, 0) is 11.6 Å². The number of nitrogens with one attached hydrogen (secondary N) is 1. The van der Waals surface area contributed by atoms with Crippen molar-refractivity contribution in [1.29, 1.82) is 0 Å². The summed E-state index contributed by atoms with van der Waals surface area (Å²) in [6, 6.07) is 1.88. The molecular weight excluding hydrogens is 364 g/mol. The summed E-state index contributed by atoms with van der Waals surface area (Å²) in [4.78, 5) is 17.7. The van der Waals surface area contributed by atoms with E-state index in [1.807, 2.05) is 37.1 Å². The molecule has 0 aromatic carbocycles. The summed E-state index contributed by atoms with van der Waals surface area (Å²) in [6.07, 6.45) is 7.97. The number of hydrogen-bond donors (Lipinski definition) is 1. The van der Waals surface area contributed by atoms with Gasteiger partial charge in [-0.3, -0.25) is 14.6 Å². The van der Waals surface area contributed by atoms with Gasteiger partial charge in [-0.25, -0.2) is 9.67 Å². The fourth-order valence-electron chi connectivity index (χ4n) is 3.27. The molecule has 0 fully saturated rings. The van der Waals surface area contributed by atoms with E-state index in [9.17, 15) is 4.79 Å².